The fourth-order valence-electron chi connectivity index (χ4n) is 1.90. The summed E-state index contributed by atoms with van der Waals surface area (Å²) in [6, 6.07) is 4.70. The first-order valence-corrected chi connectivity index (χ1v) is 6.05. The molecule has 2 aromatic rings. The number of aromatic nitrogens is 2. The molecular weight excluding hydrogens is 231 g/mol. The lowest BCUT2D eigenvalue weighted by Crippen LogP contribution is -2.02. The number of nitrogens with zero attached hydrogens (tertiary/aromatic N) is 2. The lowest BCUT2D eigenvalue weighted by atomic mass is 10.0. The Morgan fingerprint density at radius 2 is 2.22 bits per heavy atom. The molecule has 18 heavy (non-hydrogen) atoms. The Morgan fingerprint density at radius 3 is 2.83 bits per heavy atom. The molecule has 0 aliphatic rings. The first kappa shape index (κ1) is 12.8. The minimum absolute atomic E-state index is 0.246. The predicted octanol–water partition coefficient (Wildman–Crippen LogP) is 2.63. The van der Waals surface area contributed by atoms with E-state index in [0.717, 1.165) is 17.7 Å². The fraction of sp³-hybridized carbons (Fsp3) is 0.357. The van der Waals surface area contributed by atoms with E-state index in [1.165, 1.54) is 6.07 Å². The quantitative estimate of drug-likeness (QED) is 0.903. The minimum Gasteiger partial charge on any atom is -0.388 e. The molecule has 0 amide bonds. The molecule has 96 valence electrons. The van der Waals surface area contributed by atoms with Gasteiger partial charge in [-0.1, -0.05) is 12.1 Å². The highest BCUT2D eigenvalue weighted by atomic mass is 19.1. The highest BCUT2D eigenvalue weighted by Gasteiger charge is 2.11. The average molecular weight is 248 g/mol. The van der Waals surface area contributed by atoms with E-state index in [2.05, 4.69) is 5.10 Å². The van der Waals surface area contributed by atoms with Crippen LogP contribution < -0.4 is 0 Å². The molecule has 0 spiro atoms. The summed E-state index contributed by atoms with van der Waals surface area (Å²) >= 11 is 0. The molecule has 4 heteroatoms. The molecule has 1 N–H and O–H groups in total. The fourth-order valence-corrected chi connectivity index (χ4v) is 1.90. The van der Waals surface area contributed by atoms with Gasteiger partial charge in [0.1, 0.15) is 5.82 Å². The third kappa shape index (κ3) is 2.76. The summed E-state index contributed by atoms with van der Waals surface area (Å²) in [6.45, 7) is 4.52. The molecule has 1 aromatic heterocycles. The highest BCUT2D eigenvalue weighted by Crippen LogP contribution is 2.20. The number of halogens is 1. The van der Waals surface area contributed by atoms with Crippen LogP contribution in [0.4, 0.5) is 4.39 Å². The van der Waals surface area contributed by atoms with Crippen LogP contribution in [0, 0.1) is 12.7 Å². The number of rotatable bonds is 4. The van der Waals surface area contributed by atoms with Gasteiger partial charge in [0.15, 0.2) is 0 Å². The number of aliphatic hydroxyl groups excluding tert-OH is 1. The normalized spacial score (nSPS) is 12.7. The molecule has 1 atom stereocenters. The first-order chi connectivity index (χ1) is 8.60. The predicted molar refractivity (Wildman–Crippen MR) is 67.7 cm³/mol. The molecule has 0 aliphatic heterocycles. The number of aryl methyl sites for hydroxylation is 2. The first-order valence-electron chi connectivity index (χ1n) is 6.05. The molecule has 0 radical (unpaired) electrons. The third-order valence-corrected chi connectivity index (χ3v) is 3.01. The lowest BCUT2D eigenvalue weighted by molar-refractivity contribution is 0.178. The Balaban J connectivity index is 2.11. The number of hydrogen-bond acceptors (Lipinski definition) is 2. The molecular formula is C14H17FN2O. The number of aliphatic hydroxyl groups is 1. The van der Waals surface area contributed by atoms with E-state index < -0.39 is 6.10 Å². The van der Waals surface area contributed by atoms with Crippen molar-refractivity contribution in [3.8, 4) is 0 Å². The van der Waals surface area contributed by atoms with Crippen LogP contribution in [0.2, 0.25) is 0 Å². The standard InChI is InChI=1S/C14H17FN2O/c1-3-17-9-11(8-16-17)7-14(18)12-4-5-13(15)10(2)6-12/h4-6,8-9,14,18H,3,7H2,1-2H3. The van der Waals surface area contributed by atoms with Crippen molar-refractivity contribution in [3.05, 3.63) is 53.1 Å². The molecule has 1 aromatic carbocycles. The van der Waals surface area contributed by atoms with Crippen molar-refractivity contribution >= 4 is 0 Å². The van der Waals surface area contributed by atoms with Crippen molar-refractivity contribution in [1.29, 1.82) is 0 Å². The van der Waals surface area contributed by atoms with Gasteiger partial charge in [0.2, 0.25) is 0 Å². The van der Waals surface area contributed by atoms with Gasteiger partial charge in [0.05, 0.1) is 12.3 Å². The van der Waals surface area contributed by atoms with Crippen LogP contribution in [0.3, 0.4) is 0 Å². The monoisotopic (exact) mass is 248 g/mol. The molecule has 1 heterocycles. The molecule has 1 unspecified atom stereocenters. The van der Waals surface area contributed by atoms with Crippen molar-refractivity contribution in [2.75, 3.05) is 0 Å². The smallest absolute Gasteiger partial charge is 0.126 e. The summed E-state index contributed by atoms with van der Waals surface area (Å²) in [5, 5.41) is 14.3. The van der Waals surface area contributed by atoms with E-state index in [4.69, 9.17) is 0 Å². The van der Waals surface area contributed by atoms with Crippen LogP contribution in [0.15, 0.2) is 30.6 Å². The van der Waals surface area contributed by atoms with Gasteiger partial charge in [-0.15, -0.1) is 0 Å². The minimum atomic E-state index is -0.626. The molecule has 0 saturated heterocycles. The maximum atomic E-state index is 13.1. The Morgan fingerprint density at radius 1 is 1.44 bits per heavy atom. The van der Waals surface area contributed by atoms with Gasteiger partial charge in [-0.3, -0.25) is 4.68 Å². The van der Waals surface area contributed by atoms with E-state index in [1.807, 2.05) is 17.8 Å². The SMILES string of the molecule is CCn1cc(CC(O)c2ccc(F)c(C)c2)cn1. The van der Waals surface area contributed by atoms with E-state index in [9.17, 15) is 9.50 Å². The van der Waals surface area contributed by atoms with Gasteiger partial charge in [0.25, 0.3) is 0 Å². The van der Waals surface area contributed by atoms with Crippen LogP contribution in [0.1, 0.15) is 29.7 Å². The van der Waals surface area contributed by atoms with Crippen molar-refractivity contribution in [3.63, 3.8) is 0 Å². The van der Waals surface area contributed by atoms with Gasteiger partial charge in [0, 0.05) is 19.2 Å². The van der Waals surface area contributed by atoms with Gasteiger partial charge in [-0.05, 0) is 36.6 Å². The molecule has 0 saturated carbocycles. The van der Waals surface area contributed by atoms with Crippen LogP contribution in [-0.4, -0.2) is 14.9 Å². The number of benzene rings is 1. The summed E-state index contributed by atoms with van der Waals surface area (Å²) in [5.41, 5.74) is 2.26. The average Bonchev–Trinajstić information content (AvgIpc) is 2.80. The van der Waals surface area contributed by atoms with Gasteiger partial charge >= 0.3 is 0 Å². The van der Waals surface area contributed by atoms with Gasteiger partial charge < -0.3 is 5.11 Å². The topological polar surface area (TPSA) is 38.0 Å². The molecule has 0 fully saturated rings. The summed E-state index contributed by atoms with van der Waals surface area (Å²) in [7, 11) is 0. The van der Waals surface area contributed by atoms with Gasteiger partial charge in [-0.2, -0.15) is 5.10 Å². The largest absolute Gasteiger partial charge is 0.388 e. The zero-order valence-corrected chi connectivity index (χ0v) is 10.6. The summed E-state index contributed by atoms with van der Waals surface area (Å²) < 4.78 is 15.0. The zero-order valence-electron chi connectivity index (χ0n) is 10.6. The van der Waals surface area contributed by atoms with E-state index in [1.54, 1.807) is 25.3 Å². The maximum absolute atomic E-state index is 13.1. The Labute approximate surface area is 106 Å². The zero-order chi connectivity index (χ0) is 13.1. The van der Waals surface area contributed by atoms with Crippen LogP contribution in [-0.2, 0) is 13.0 Å². The van der Waals surface area contributed by atoms with Gasteiger partial charge in [-0.25, -0.2) is 4.39 Å². The van der Waals surface area contributed by atoms with Crippen molar-refractivity contribution < 1.29 is 9.50 Å². The number of hydrogen-bond donors (Lipinski definition) is 1. The Bertz CT molecular complexity index is 536. The van der Waals surface area contributed by atoms with Crippen LogP contribution in [0.25, 0.3) is 0 Å². The highest BCUT2D eigenvalue weighted by molar-refractivity contribution is 5.26. The Hall–Kier alpha value is -1.68. The van der Waals surface area contributed by atoms with Crippen LogP contribution in [0.5, 0.6) is 0 Å². The van der Waals surface area contributed by atoms with Crippen molar-refractivity contribution in [2.24, 2.45) is 0 Å². The second-order valence-electron chi connectivity index (χ2n) is 4.43. The third-order valence-electron chi connectivity index (χ3n) is 3.01. The second-order valence-corrected chi connectivity index (χ2v) is 4.43. The molecule has 3 nitrogen and oxygen atoms in total. The summed E-state index contributed by atoms with van der Waals surface area (Å²) in [5.74, 6) is -0.246. The van der Waals surface area contributed by atoms with Crippen LogP contribution >= 0.6 is 0 Å². The Kier molecular flexibility index (Phi) is 3.77. The van der Waals surface area contributed by atoms with E-state index in [-0.39, 0.29) is 5.82 Å². The van der Waals surface area contributed by atoms with E-state index in [0.29, 0.717) is 12.0 Å². The van der Waals surface area contributed by atoms with Crippen molar-refractivity contribution in [1.82, 2.24) is 9.78 Å². The second kappa shape index (κ2) is 5.31. The lowest BCUT2D eigenvalue weighted by Gasteiger charge is -2.10. The summed E-state index contributed by atoms with van der Waals surface area (Å²) in [6.07, 6.45) is 3.53. The van der Waals surface area contributed by atoms with E-state index >= 15 is 0 Å². The maximum Gasteiger partial charge on any atom is 0.126 e. The van der Waals surface area contributed by atoms with Crippen molar-refractivity contribution in [2.45, 2.75) is 32.9 Å². The molecule has 0 bridgehead atoms. The molecule has 2 rings (SSSR count). The summed E-state index contributed by atoms with van der Waals surface area (Å²) in [4.78, 5) is 0. The molecule has 0 aliphatic carbocycles.